The maximum absolute atomic E-state index is 13.7. The highest BCUT2D eigenvalue weighted by atomic mass is 19.4. The van der Waals surface area contributed by atoms with E-state index in [0.29, 0.717) is 6.07 Å². The minimum atomic E-state index is -4.85. The summed E-state index contributed by atoms with van der Waals surface area (Å²) in [4.78, 5) is 17.3. The number of esters is 1. The number of alkyl halides is 3. The van der Waals surface area contributed by atoms with Gasteiger partial charge in [0.2, 0.25) is 0 Å². The molecule has 0 unspecified atom stereocenters. The second-order valence-corrected chi connectivity index (χ2v) is 8.76. The van der Waals surface area contributed by atoms with Gasteiger partial charge in [0.05, 0.1) is 12.1 Å². The van der Waals surface area contributed by atoms with Crippen molar-refractivity contribution in [1.82, 2.24) is 14.8 Å². The third kappa shape index (κ3) is 6.91. The lowest BCUT2D eigenvalue weighted by Gasteiger charge is -2.21. The van der Waals surface area contributed by atoms with Gasteiger partial charge in [0.25, 0.3) is 0 Å². The first kappa shape index (κ1) is 25.9. The van der Waals surface area contributed by atoms with Crippen LogP contribution in [0.2, 0.25) is 0 Å². The molecule has 3 aromatic rings. The highest BCUT2D eigenvalue weighted by Crippen LogP contribution is 2.32. The van der Waals surface area contributed by atoms with Gasteiger partial charge in [-0.3, -0.25) is 0 Å². The molecule has 0 N–H and O–H groups in total. The molecule has 0 aliphatic carbocycles. The van der Waals surface area contributed by atoms with Gasteiger partial charge in [0.15, 0.2) is 5.82 Å². The SMILES string of the molecule is C/C(OCc1ccccc1)=C(/C(=O)OC(C)(C)C)c1ncnn1Cc1ccc(F)c(C(F)(F)F)c1. The Morgan fingerprint density at radius 1 is 1.03 bits per heavy atom. The highest BCUT2D eigenvalue weighted by molar-refractivity contribution is 6.16. The third-order valence-corrected chi connectivity index (χ3v) is 4.76. The first-order valence-corrected chi connectivity index (χ1v) is 10.7. The van der Waals surface area contributed by atoms with Gasteiger partial charge in [-0.1, -0.05) is 36.4 Å². The average Bonchev–Trinajstić information content (AvgIpc) is 3.20. The maximum atomic E-state index is 13.7. The number of ether oxygens (including phenoxy) is 2. The van der Waals surface area contributed by atoms with Crippen LogP contribution in [0.5, 0.6) is 0 Å². The van der Waals surface area contributed by atoms with Gasteiger partial charge in [-0.05, 0) is 51.0 Å². The number of carbonyl (C=O) groups is 1. The van der Waals surface area contributed by atoms with Gasteiger partial charge < -0.3 is 9.47 Å². The fraction of sp³-hybridized carbons (Fsp3) is 0.320. The van der Waals surface area contributed by atoms with Crippen molar-refractivity contribution in [1.29, 1.82) is 0 Å². The molecule has 0 fully saturated rings. The van der Waals surface area contributed by atoms with E-state index >= 15 is 0 Å². The number of carbonyl (C=O) groups excluding carboxylic acids is 1. The summed E-state index contributed by atoms with van der Waals surface area (Å²) >= 11 is 0. The van der Waals surface area contributed by atoms with Crippen LogP contribution in [-0.4, -0.2) is 26.3 Å². The topological polar surface area (TPSA) is 66.2 Å². The Labute approximate surface area is 200 Å². The zero-order valence-corrected chi connectivity index (χ0v) is 19.7. The molecule has 0 aliphatic rings. The Bertz CT molecular complexity index is 1210. The largest absolute Gasteiger partial charge is 0.493 e. The van der Waals surface area contributed by atoms with Crippen molar-refractivity contribution in [3.8, 4) is 0 Å². The summed E-state index contributed by atoms with van der Waals surface area (Å²) in [6.07, 6.45) is -3.69. The van der Waals surface area contributed by atoms with Crippen LogP contribution in [0.1, 0.15) is 50.2 Å². The Morgan fingerprint density at radius 3 is 2.34 bits per heavy atom. The van der Waals surface area contributed by atoms with Crippen molar-refractivity contribution < 1.29 is 31.8 Å². The zero-order chi connectivity index (χ0) is 25.8. The molecule has 0 radical (unpaired) electrons. The number of aromatic nitrogens is 3. The second kappa shape index (κ2) is 10.3. The first-order chi connectivity index (χ1) is 16.3. The van der Waals surface area contributed by atoms with Gasteiger partial charge in [0, 0.05) is 0 Å². The first-order valence-electron chi connectivity index (χ1n) is 10.7. The number of hydrogen-bond donors (Lipinski definition) is 0. The minimum absolute atomic E-state index is 0.0217. The molecule has 186 valence electrons. The molecule has 0 atom stereocenters. The number of hydrogen-bond acceptors (Lipinski definition) is 5. The van der Waals surface area contributed by atoms with E-state index in [1.807, 2.05) is 30.3 Å². The number of halogens is 4. The zero-order valence-electron chi connectivity index (χ0n) is 19.7. The van der Waals surface area contributed by atoms with Crippen LogP contribution in [0, 0.1) is 5.82 Å². The predicted octanol–water partition coefficient (Wildman–Crippen LogP) is 5.77. The van der Waals surface area contributed by atoms with Gasteiger partial charge in [-0.15, -0.1) is 0 Å². The van der Waals surface area contributed by atoms with Crippen LogP contribution in [-0.2, 0) is 33.6 Å². The minimum Gasteiger partial charge on any atom is -0.493 e. The van der Waals surface area contributed by atoms with Crippen LogP contribution in [0.15, 0.2) is 60.6 Å². The normalized spacial score (nSPS) is 12.8. The summed E-state index contributed by atoms with van der Waals surface area (Å²) in [6, 6.07) is 11.9. The highest BCUT2D eigenvalue weighted by Gasteiger charge is 2.34. The molecule has 0 aliphatic heterocycles. The summed E-state index contributed by atoms with van der Waals surface area (Å²) in [7, 11) is 0. The van der Waals surface area contributed by atoms with Gasteiger partial charge in [-0.25, -0.2) is 18.9 Å². The summed E-state index contributed by atoms with van der Waals surface area (Å²) in [6.45, 7) is 6.64. The van der Waals surface area contributed by atoms with E-state index in [0.717, 1.165) is 11.6 Å². The Morgan fingerprint density at radius 2 is 1.71 bits per heavy atom. The molecule has 0 amide bonds. The lowest BCUT2D eigenvalue weighted by atomic mass is 10.1. The maximum Gasteiger partial charge on any atom is 0.419 e. The van der Waals surface area contributed by atoms with Crippen molar-refractivity contribution in [2.45, 2.75) is 52.6 Å². The van der Waals surface area contributed by atoms with Crippen LogP contribution in [0.3, 0.4) is 0 Å². The molecule has 2 aromatic carbocycles. The Kier molecular flexibility index (Phi) is 7.62. The predicted molar refractivity (Wildman–Crippen MR) is 120 cm³/mol. The Balaban J connectivity index is 1.98. The molecule has 3 rings (SSSR count). The quantitative estimate of drug-likeness (QED) is 0.182. The van der Waals surface area contributed by atoms with E-state index in [4.69, 9.17) is 9.47 Å². The summed E-state index contributed by atoms with van der Waals surface area (Å²) < 4.78 is 65.8. The average molecular weight is 491 g/mol. The molecular weight excluding hydrogens is 466 g/mol. The smallest absolute Gasteiger partial charge is 0.419 e. The lowest BCUT2D eigenvalue weighted by Crippen LogP contribution is -2.26. The lowest BCUT2D eigenvalue weighted by molar-refractivity contribution is -0.147. The Hall–Kier alpha value is -3.69. The van der Waals surface area contributed by atoms with Crippen molar-refractivity contribution in [3.05, 3.63) is 88.9 Å². The van der Waals surface area contributed by atoms with Crippen molar-refractivity contribution in [2.75, 3.05) is 0 Å². The third-order valence-electron chi connectivity index (χ3n) is 4.76. The van der Waals surface area contributed by atoms with Crippen LogP contribution < -0.4 is 0 Å². The van der Waals surface area contributed by atoms with E-state index < -0.39 is 29.1 Å². The summed E-state index contributed by atoms with van der Waals surface area (Å²) in [5.41, 5.74) is -1.25. The standard InChI is InChI=1S/C25H25F4N3O3/c1-16(34-14-17-8-6-5-7-9-17)21(23(33)35-24(2,3)4)22-30-15-31-32(22)13-18-10-11-20(26)19(12-18)25(27,28)29/h5-12,15H,13-14H2,1-4H3/b21-16-. The van der Waals surface area contributed by atoms with Crippen molar-refractivity contribution in [3.63, 3.8) is 0 Å². The molecule has 0 saturated heterocycles. The van der Waals surface area contributed by atoms with Crippen LogP contribution in [0.25, 0.3) is 5.57 Å². The van der Waals surface area contributed by atoms with E-state index in [1.54, 1.807) is 27.7 Å². The van der Waals surface area contributed by atoms with Crippen molar-refractivity contribution in [2.24, 2.45) is 0 Å². The van der Waals surface area contributed by atoms with Gasteiger partial charge >= 0.3 is 12.1 Å². The molecule has 0 saturated carbocycles. The summed E-state index contributed by atoms with van der Waals surface area (Å²) in [5.74, 6) is -1.86. The summed E-state index contributed by atoms with van der Waals surface area (Å²) in [5, 5.41) is 4.06. The van der Waals surface area contributed by atoms with Gasteiger partial charge in [0.1, 0.15) is 35.7 Å². The number of rotatable bonds is 7. The molecule has 10 heteroatoms. The number of allylic oxidation sites excluding steroid dienone is 1. The van der Waals surface area contributed by atoms with Crippen molar-refractivity contribution >= 4 is 11.5 Å². The monoisotopic (exact) mass is 491 g/mol. The van der Waals surface area contributed by atoms with E-state index in [9.17, 15) is 22.4 Å². The molecule has 0 spiro atoms. The fourth-order valence-corrected chi connectivity index (χ4v) is 3.19. The molecule has 6 nitrogen and oxygen atoms in total. The molecular formula is C25H25F4N3O3. The van der Waals surface area contributed by atoms with Crippen LogP contribution >= 0.6 is 0 Å². The van der Waals surface area contributed by atoms with E-state index in [2.05, 4.69) is 10.1 Å². The van der Waals surface area contributed by atoms with Gasteiger partial charge in [-0.2, -0.15) is 18.3 Å². The molecule has 0 bridgehead atoms. The molecule has 1 aromatic heterocycles. The number of benzene rings is 2. The second-order valence-electron chi connectivity index (χ2n) is 8.76. The van der Waals surface area contributed by atoms with E-state index in [1.165, 1.54) is 17.1 Å². The van der Waals surface area contributed by atoms with Crippen LogP contribution in [0.4, 0.5) is 17.6 Å². The van der Waals surface area contributed by atoms with E-state index in [-0.39, 0.29) is 35.9 Å². The fourth-order valence-electron chi connectivity index (χ4n) is 3.19. The molecule has 1 heterocycles. The molecule has 35 heavy (non-hydrogen) atoms. The number of nitrogens with zero attached hydrogens (tertiary/aromatic N) is 3.